The molecule has 104 valence electrons. The summed E-state index contributed by atoms with van der Waals surface area (Å²) in [6.07, 6.45) is 1.04. The predicted octanol–water partition coefficient (Wildman–Crippen LogP) is 3.81. The third-order valence-electron chi connectivity index (χ3n) is 3.84. The van der Waals surface area contributed by atoms with Crippen LogP contribution in [0.1, 0.15) is 29.0 Å². The van der Waals surface area contributed by atoms with E-state index in [9.17, 15) is 0 Å². The van der Waals surface area contributed by atoms with Crippen molar-refractivity contribution in [2.75, 3.05) is 11.4 Å². The first-order chi connectivity index (χ1) is 9.58. The molecule has 0 saturated carbocycles. The molecular weight excluding hydrogens is 290 g/mol. The molecule has 1 aromatic heterocycles. The van der Waals surface area contributed by atoms with Crippen molar-refractivity contribution in [1.29, 1.82) is 5.41 Å². The average molecular weight is 306 g/mol. The normalized spacial score (nSPS) is 17.9. The van der Waals surface area contributed by atoms with Crippen LogP contribution in [-0.4, -0.2) is 12.4 Å². The van der Waals surface area contributed by atoms with Crippen molar-refractivity contribution in [2.24, 2.45) is 5.73 Å². The maximum Gasteiger partial charge on any atom is 0.124 e. The van der Waals surface area contributed by atoms with Gasteiger partial charge in [-0.2, -0.15) is 0 Å². The van der Waals surface area contributed by atoms with E-state index in [0.717, 1.165) is 18.7 Å². The maximum atomic E-state index is 7.77. The molecule has 1 unspecified atom stereocenters. The number of benzene rings is 1. The molecular formula is C15H16ClN3S. The molecule has 0 saturated heterocycles. The fraction of sp³-hybridized carbons (Fsp3) is 0.267. The van der Waals surface area contributed by atoms with Crippen LogP contribution in [0.3, 0.4) is 0 Å². The number of fused-ring (bicyclic) bond motifs is 1. The smallest absolute Gasteiger partial charge is 0.124 e. The summed E-state index contributed by atoms with van der Waals surface area (Å²) in [5.41, 5.74) is 8.79. The topological polar surface area (TPSA) is 53.1 Å². The lowest BCUT2D eigenvalue weighted by molar-refractivity contribution is 0.632. The lowest BCUT2D eigenvalue weighted by atomic mass is 9.99. The van der Waals surface area contributed by atoms with Crippen LogP contribution in [0.5, 0.6) is 0 Å². The number of nitrogens with one attached hydrogen (secondary N) is 1. The van der Waals surface area contributed by atoms with Gasteiger partial charge in [0, 0.05) is 27.7 Å². The van der Waals surface area contributed by atoms with Crippen molar-refractivity contribution >= 4 is 34.5 Å². The molecule has 0 aliphatic carbocycles. The minimum atomic E-state index is 0.0609. The molecule has 1 aliphatic rings. The molecule has 0 amide bonds. The number of nitrogen functional groups attached to an aromatic ring is 1. The maximum absolute atomic E-state index is 7.77. The monoisotopic (exact) mass is 305 g/mol. The van der Waals surface area contributed by atoms with Gasteiger partial charge in [-0.15, -0.1) is 11.3 Å². The van der Waals surface area contributed by atoms with Crippen molar-refractivity contribution in [1.82, 2.24) is 0 Å². The molecule has 0 radical (unpaired) electrons. The van der Waals surface area contributed by atoms with Crippen molar-refractivity contribution in [3.05, 3.63) is 50.7 Å². The zero-order chi connectivity index (χ0) is 14.3. The van der Waals surface area contributed by atoms with Crippen molar-refractivity contribution in [3.8, 4) is 0 Å². The molecule has 1 aliphatic heterocycles. The fourth-order valence-corrected chi connectivity index (χ4v) is 3.95. The third kappa shape index (κ3) is 2.19. The summed E-state index contributed by atoms with van der Waals surface area (Å²) >= 11 is 7.86. The van der Waals surface area contributed by atoms with Crippen LogP contribution in [0.4, 0.5) is 5.69 Å². The van der Waals surface area contributed by atoms with Gasteiger partial charge in [-0.3, -0.25) is 5.41 Å². The number of hydrogen-bond donors (Lipinski definition) is 2. The number of nitrogens with zero attached hydrogens (tertiary/aromatic N) is 1. The quantitative estimate of drug-likeness (QED) is 0.655. The Bertz CT molecular complexity index is 665. The first-order valence-electron chi connectivity index (χ1n) is 6.55. The largest absolute Gasteiger partial charge is 0.384 e. The van der Waals surface area contributed by atoms with Crippen LogP contribution in [-0.2, 0) is 6.42 Å². The molecule has 5 heteroatoms. The highest BCUT2D eigenvalue weighted by atomic mass is 35.5. The predicted molar refractivity (Wildman–Crippen MR) is 86.3 cm³/mol. The summed E-state index contributed by atoms with van der Waals surface area (Å²) in [7, 11) is 0. The van der Waals surface area contributed by atoms with E-state index in [2.05, 4.69) is 23.3 Å². The summed E-state index contributed by atoms with van der Waals surface area (Å²) in [5, 5.41) is 10.5. The van der Waals surface area contributed by atoms with E-state index < -0.39 is 0 Å². The molecule has 0 spiro atoms. The van der Waals surface area contributed by atoms with Crippen LogP contribution in [0.2, 0.25) is 5.02 Å². The van der Waals surface area contributed by atoms with Crippen molar-refractivity contribution in [3.63, 3.8) is 0 Å². The lowest BCUT2D eigenvalue weighted by Crippen LogP contribution is -2.34. The van der Waals surface area contributed by atoms with Gasteiger partial charge in [0.05, 0.1) is 6.04 Å². The molecule has 2 heterocycles. The number of amidine groups is 1. The van der Waals surface area contributed by atoms with Gasteiger partial charge in [0.2, 0.25) is 0 Å². The molecule has 0 bridgehead atoms. The second kappa shape index (κ2) is 5.11. The van der Waals surface area contributed by atoms with Crippen LogP contribution >= 0.6 is 22.9 Å². The van der Waals surface area contributed by atoms with Gasteiger partial charge in [0.25, 0.3) is 0 Å². The van der Waals surface area contributed by atoms with Crippen molar-refractivity contribution < 1.29 is 0 Å². The third-order valence-corrected chi connectivity index (χ3v) is 5.07. The van der Waals surface area contributed by atoms with E-state index in [1.807, 2.05) is 23.5 Å². The fourth-order valence-electron chi connectivity index (χ4n) is 2.81. The number of thiophene rings is 1. The second-order valence-electron chi connectivity index (χ2n) is 4.99. The Balaban J connectivity index is 2.04. The van der Waals surface area contributed by atoms with E-state index in [0.29, 0.717) is 16.6 Å². The molecule has 3 nitrogen and oxygen atoms in total. The Labute approximate surface area is 127 Å². The summed E-state index contributed by atoms with van der Waals surface area (Å²) < 4.78 is 0. The molecule has 3 N–H and O–H groups in total. The highest BCUT2D eigenvalue weighted by molar-refractivity contribution is 7.10. The zero-order valence-electron chi connectivity index (χ0n) is 11.2. The summed E-state index contributed by atoms with van der Waals surface area (Å²) in [4.78, 5) is 3.77. The van der Waals surface area contributed by atoms with E-state index in [1.165, 1.54) is 10.4 Å². The van der Waals surface area contributed by atoms with Crippen LogP contribution in [0, 0.1) is 5.41 Å². The Morgan fingerprint density at radius 2 is 2.25 bits per heavy atom. The summed E-state index contributed by atoms with van der Waals surface area (Å²) in [6, 6.07) is 8.09. The molecule has 0 fully saturated rings. The Morgan fingerprint density at radius 3 is 3.00 bits per heavy atom. The Hall–Kier alpha value is -1.52. The average Bonchev–Trinajstić information content (AvgIpc) is 2.89. The summed E-state index contributed by atoms with van der Waals surface area (Å²) in [5.74, 6) is 0.0609. The molecule has 1 atom stereocenters. The highest BCUT2D eigenvalue weighted by Gasteiger charge is 2.26. The lowest BCUT2D eigenvalue weighted by Gasteiger charge is -2.36. The number of halogens is 1. The van der Waals surface area contributed by atoms with Crippen LogP contribution in [0.15, 0.2) is 29.6 Å². The van der Waals surface area contributed by atoms with Crippen molar-refractivity contribution in [2.45, 2.75) is 19.4 Å². The van der Waals surface area contributed by atoms with E-state index in [4.69, 9.17) is 22.7 Å². The zero-order valence-corrected chi connectivity index (χ0v) is 12.8. The van der Waals surface area contributed by atoms with Gasteiger partial charge in [-0.05, 0) is 48.6 Å². The second-order valence-corrected chi connectivity index (χ2v) is 6.43. The van der Waals surface area contributed by atoms with Gasteiger partial charge >= 0.3 is 0 Å². The number of anilines is 1. The minimum Gasteiger partial charge on any atom is -0.384 e. The SMILES string of the molecule is CC1c2ccsc2CCN1c1ccc(Cl)cc1C(=N)N. The highest BCUT2D eigenvalue weighted by Crippen LogP contribution is 2.37. The first kappa shape index (κ1) is 13.5. The van der Waals surface area contributed by atoms with Crippen LogP contribution in [0.25, 0.3) is 0 Å². The van der Waals surface area contributed by atoms with Gasteiger partial charge in [-0.25, -0.2) is 0 Å². The Morgan fingerprint density at radius 1 is 1.45 bits per heavy atom. The Kier molecular flexibility index (Phi) is 3.44. The van der Waals surface area contributed by atoms with Gasteiger partial charge in [0.1, 0.15) is 5.84 Å². The number of nitrogens with two attached hydrogens (primary N) is 1. The number of hydrogen-bond acceptors (Lipinski definition) is 3. The molecule has 2 aromatic rings. The molecule has 20 heavy (non-hydrogen) atoms. The molecule has 1 aromatic carbocycles. The standard InChI is InChI=1S/C15H16ClN3S/c1-9-11-5-7-20-14(11)4-6-19(9)13-3-2-10(16)8-12(13)15(17)18/h2-3,5,7-9H,4,6H2,1H3,(H3,17,18). The molecule has 3 rings (SSSR count). The van der Waals surface area contributed by atoms with Crippen LogP contribution < -0.4 is 10.6 Å². The van der Waals surface area contributed by atoms with Gasteiger partial charge in [-0.1, -0.05) is 11.6 Å². The number of rotatable bonds is 2. The summed E-state index contributed by atoms with van der Waals surface area (Å²) in [6.45, 7) is 3.14. The first-order valence-corrected chi connectivity index (χ1v) is 7.80. The van der Waals surface area contributed by atoms with Gasteiger partial charge in [0.15, 0.2) is 0 Å². The van der Waals surface area contributed by atoms with E-state index in [-0.39, 0.29) is 5.84 Å². The van der Waals surface area contributed by atoms with E-state index >= 15 is 0 Å². The van der Waals surface area contributed by atoms with Gasteiger partial charge < -0.3 is 10.6 Å². The minimum absolute atomic E-state index is 0.0609. The van der Waals surface area contributed by atoms with E-state index in [1.54, 1.807) is 6.07 Å².